The van der Waals surface area contributed by atoms with Crippen molar-refractivity contribution in [2.24, 2.45) is 5.92 Å². The molecule has 0 aromatic carbocycles. The van der Waals surface area contributed by atoms with Crippen LogP contribution in [0.1, 0.15) is 0 Å². The summed E-state index contributed by atoms with van der Waals surface area (Å²) in [5.41, 5.74) is 0. The molecule has 1 atom stereocenters. The Balaban J connectivity index is 2.98. The Morgan fingerprint density at radius 1 is 1.58 bits per heavy atom. The molecule has 0 aromatic rings. The van der Waals surface area contributed by atoms with Crippen molar-refractivity contribution in [3.63, 3.8) is 0 Å². The van der Waals surface area contributed by atoms with Crippen LogP contribution in [-0.4, -0.2) is 17.0 Å². The Labute approximate surface area is 66.0 Å². The summed E-state index contributed by atoms with van der Waals surface area (Å²) in [5.74, 6) is -8.28. The van der Waals surface area contributed by atoms with E-state index in [-0.39, 0.29) is 6.08 Å². The summed E-state index contributed by atoms with van der Waals surface area (Å²) >= 11 is 0. The van der Waals surface area contributed by atoms with Crippen LogP contribution in [0, 0.1) is 5.92 Å². The molecule has 0 bridgehead atoms. The first-order valence-electron chi connectivity index (χ1n) is 3.10. The van der Waals surface area contributed by atoms with Gasteiger partial charge < -0.3 is 5.11 Å². The predicted molar refractivity (Wildman–Crippen MR) is 34.4 cm³/mol. The van der Waals surface area contributed by atoms with Gasteiger partial charge in [-0.2, -0.15) is 0 Å². The summed E-state index contributed by atoms with van der Waals surface area (Å²) in [4.78, 5) is 10.2. The largest absolute Gasteiger partial charge is 0.481 e. The van der Waals surface area contributed by atoms with Crippen LogP contribution in [-0.2, 0) is 4.79 Å². The third-order valence-electron chi connectivity index (χ3n) is 1.47. The van der Waals surface area contributed by atoms with Crippen LogP contribution in [0.3, 0.4) is 0 Å². The number of aliphatic carboxylic acids is 1. The number of alkyl halides is 2. The maximum atomic E-state index is 12.6. The van der Waals surface area contributed by atoms with Gasteiger partial charge >= 0.3 is 5.97 Å². The maximum Gasteiger partial charge on any atom is 0.317 e. The second kappa shape index (κ2) is 2.66. The lowest BCUT2D eigenvalue weighted by molar-refractivity contribution is -0.148. The first kappa shape index (κ1) is 8.83. The molecule has 1 rings (SSSR count). The van der Waals surface area contributed by atoms with Gasteiger partial charge in [0.15, 0.2) is 0 Å². The minimum Gasteiger partial charge on any atom is -0.481 e. The molecule has 5 heteroatoms. The Bertz CT molecular complexity index is 268. The first-order chi connectivity index (χ1) is 5.43. The molecule has 0 heterocycles. The number of rotatable bonds is 1. The molecule has 1 N–H and O–H groups in total. The zero-order chi connectivity index (χ0) is 9.35. The van der Waals surface area contributed by atoms with Gasteiger partial charge in [-0.15, -0.1) is 0 Å². The van der Waals surface area contributed by atoms with Crippen molar-refractivity contribution in [1.29, 1.82) is 0 Å². The van der Waals surface area contributed by atoms with Gasteiger partial charge in [0.1, 0.15) is 11.7 Å². The number of halogens is 3. The van der Waals surface area contributed by atoms with E-state index in [0.29, 0.717) is 12.2 Å². The molecule has 1 aliphatic carbocycles. The van der Waals surface area contributed by atoms with E-state index in [9.17, 15) is 18.0 Å². The number of allylic oxidation sites excluding steroid dienone is 3. The van der Waals surface area contributed by atoms with Crippen LogP contribution in [0.5, 0.6) is 0 Å². The van der Waals surface area contributed by atoms with Crippen molar-refractivity contribution in [3.8, 4) is 0 Å². The number of carbonyl (C=O) groups is 1. The van der Waals surface area contributed by atoms with E-state index in [2.05, 4.69) is 0 Å². The van der Waals surface area contributed by atoms with E-state index in [0.717, 1.165) is 0 Å². The van der Waals surface area contributed by atoms with Crippen molar-refractivity contribution >= 4 is 5.97 Å². The molecule has 0 radical (unpaired) electrons. The lowest BCUT2D eigenvalue weighted by Gasteiger charge is -2.19. The maximum absolute atomic E-state index is 12.6. The number of carboxylic acids is 1. The lowest BCUT2D eigenvalue weighted by Crippen LogP contribution is -2.32. The monoisotopic (exact) mass is 178 g/mol. The fourth-order valence-electron chi connectivity index (χ4n) is 0.856. The van der Waals surface area contributed by atoms with Crippen LogP contribution in [0.25, 0.3) is 0 Å². The SMILES string of the molecule is O=C(O)C1C=C(F)C=CC1(F)F. The van der Waals surface area contributed by atoms with Crippen molar-refractivity contribution in [1.82, 2.24) is 0 Å². The second-order valence-corrected chi connectivity index (χ2v) is 2.38. The highest BCUT2D eigenvalue weighted by Gasteiger charge is 2.43. The van der Waals surface area contributed by atoms with Crippen LogP contribution < -0.4 is 0 Å². The highest BCUT2D eigenvalue weighted by Crippen LogP contribution is 2.32. The Morgan fingerprint density at radius 3 is 2.58 bits per heavy atom. The highest BCUT2D eigenvalue weighted by atomic mass is 19.3. The molecule has 12 heavy (non-hydrogen) atoms. The van der Waals surface area contributed by atoms with Gasteiger partial charge in [-0.3, -0.25) is 4.79 Å². The van der Waals surface area contributed by atoms with Gasteiger partial charge in [0, 0.05) is 0 Å². The van der Waals surface area contributed by atoms with Crippen molar-refractivity contribution < 1.29 is 23.1 Å². The third-order valence-corrected chi connectivity index (χ3v) is 1.47. The molecule has 0 aliphatic heterocycles. The number of carboxylic acid groups (broad SMARTS) is 1. The smallest absolute Gasteiger partial charge is 0.317 e. The van der Waals surface area contributed by atoms with E-state index in [1.165, 1.54) is 0 Å². The average Bonchev–Trinajstić information content (AvgIpc) is 1.94. The molecule has 0 spiro atoms. The summed E-state index contributed by atoms with van der Waals surface area (Å²) < 4.78 is 37.5. The predicted octanol–water partition coefficient (Wildman–Crippen LogP) is 1.75. The average molecular weight is 178 g/mol. The van der Waals surface area contributed by atoms with Gasteiger partial charge in [0.2, 0.25) is 0 Å². The molecule has 0 amide bonds. The fraction of sp³-hybridized carbons (Fsp3) is 0.286. The van der Waals surface area contributed by atoms with Crippen molar-refractivity contribution in [2.75, 3.05) is 0 Å². The summed E-state index contributed by atoms with van der Waals surface area (Å²) in [5, 5.41) is 8.27. The lowest BCUT2D eigenvalue weighted by atomic mass is 9.96. The zero-order valence-corrected chi connectivity index (χ0v) is 5.80. The summed E-state index contributed by atoms with van der Waals surface area (Å²) in [6.45, 7) is 0. The zero-order valence-electron chi connectivity index (χ0n) is 5.80. The Morgan fingerprint density at radius 2 is 2.17 bits per heavy atom. The molecule has 1 unspecified atom stereocenters. The van der Waals surface area contributed by atoms with Crippen LogP contribution in [0.2, 0.25) is 0 Å². The molecular formula is C7H5F3O2. The quantitative estimate of drug-likeness (QED) is 0.664. The fourth-order valence-corrected chi connectivity index (χ4v) is 0.856. The molecule has 1 aliphatic rings. The van der Waals surface area contributed by atoms with Gasteiger partial charge in [0.25, 0.3) is 5.92 Å². The van der Waals surface area contributed by atoms with Crippen LogP contribution >= 0.6 is 0 Å². The first-order valence-corrected chi connectivity index (χ1v) is 3.10. The van der Waals surface area contributed by atoms with E-state index >= 15 is 0 Å². The third kappa shape index (κ3) is 1.49. The Hall–Kier alpha value is -1.26. The van der Waals surface area contributed by atoms with E-state index in [1.807, 2.05) is 0 Å². The molecule has 0 saturated carbocycles. The minimum absolute atomic E-state index is 0.251. The Kier molecular flexibility index (Phi) is 1.95. The molecular weight excluding hydrogens is 173 g/mol. The minimum atomic E-state index is -3.50. The van der Waals surface area contributed by atoms with Gasteiger partial charge in [-0.25, -0.2) is 13.2 Å². The van der Waals surface area contributed by atoms with Gasteiger partial charge in [-0.1, -0.05) is 0 Å². The summed E-state index contributed by atoms with van der Waals surface area (Å²) in [7, 11) is 0. The van der Waals surface area contributed by atoms with Gasteiger partial charge in [-0.05, 0) is 18.2 Å². The topological polar surface area (TPSA) is 37.3 Å². The molecule has 0 aromatic heterocycles. The molecule has 2 nitrogen and oxygen atoms in total. The van der Waals surface area contributed by atoms with Crippen LogP contribution in [0.4, 0.5) is 13.2 Å². The summed E-state index contributed by atoms with van der Waals surface area (Å²) in [6.07, 6.45) is 1.20. The molecule has 0 saturated heterocycles. The molecule has 66 valence electrons. The number of hydrogen-bond donors (Lipinski definition) is 1. The van der Waals surface area contributed by atoms with Crippen molar-refractivity contribution in [3.05, 3.63) is 24.1 Å². The second-order valence-electron chi connectivity index (χ2n) is 2.38. The van der Waals surface area contributed by atoms with E-state index in [4.69, 9.17) is 5.11 Å². The highest BCUT2D eigenvalue weighted by molar-refractivity contribution is 5.74. The van der Waals surface area contributed by atoms with E-state index in [1.54, 1.807) is 0 Å². The standard InChI is InChI=1S/C7H5F3O2/c8-4-1-2-7(9,10)5(3-4)6(11)12/h1-3,5H,(H,11,12). The normalized spacial score (nSPS) is 26.6. The van der Waals surface area contributed by atoms with E-state index < -0.39 is 23.6 Å². The van der Waals surface area contributed by atoms with Gasteiger partial charge in [0.05, 0.1) is 0 Å². The summed E-state index contributed by atoms with van der Waals surface area (Å²) in [6, 6.07) is 0. The molecule has 0 fully saturated rings. The van der Waals surface area contributed by atoms with Crippen molar-refractivity contribution in [2.45, 2.75) is 5.92 Å². The van der Waals surface area contributed by atoms with Crippen LogP contribution in [0.15, 0.2) is 24.1 Å². The number of hydrogen-bond acceptors (Lipinski definition) is 1.